The summed E-state index contributed by atoms with van der Waals surface area (Å²) >= 11 is 1.55. The molecule has 0 aromatic carbocycles. The third kappa shape index (κ3) is 4.28. The highest BCUT2D eigenvalue weighted by atomic mass is 32.1. The molecule has 0 bridgehead atoms. The van der Waals surface area contributed by atoms with E-state index in [1.54, 1.807) is 11.3 Å². The van der Waals surface area contributed by atoms with E-state index >= 15 is 0 Å². The number of carbonyl (C=O) groups is 2. The molecule has 2 aromatic rings. The van der Waals surface area contributed by atoms with Crippen molar-refractivity contribution in [3.8, 4) is 10.8 Å². The molecule has 1 fully saturated rings. The highest BCUT2D eigenvalue weighted by Crippen LogP contribution is 2.27. The van der Waals surface area contributed by atoms with Gasteiger partial charge in [-0.3, -0.25) is 9.59 Å². The van der Waals surface area contributed by atoms with E-state index in [-0.39, 0.29) is 24.8 Å². The predicted molar refractivity (Wildman–Crippen MR) is 94.5 cm³/mol. The van der Waals surface area contributed by atoms with Crippen molar-refractivity contribution in [2.45, 2.75) is 51.5 Å². The Hall–Kier alpha value is -2.15. The largest absolute Gasteiger partial charge is 0.481 e. The number of piperidine rings is 1. The highest BCUT2D eigenvalue weighted by molar-refractivity contribution is 7.13. The summed E-state index contributed by atoms with van der Waals surface area (Å²) in [5.74, 6) is 0.405. The minimum atomic E-state index is -0.814. The summed E-state index contributed by atoms with van der Waals surface area (Å²) in [6.45, 7) is 2.52. The minimum Gasteiger partial charge on any atom is -0.481 e. The molecule has 7 heteroatoms. The zero-order chi connectivity index (χ0) is 17.8. The van der Waals surface area contributed by atoms with Gasteiger partial charge in [0.25, 0.3) is 0 Å². The van der Waals surface area contributed by atoms with Crippen LogP contribution in [0.2, 0.25) is 0 Å². The number of carbonyl (C=O) groups excluding carboxylic acids is 1. The maximum Gasteiger partial charge on any atom is 0.303 e. The third-order valence-corrected chi connectivity index (χ3v) is 5.44. The van der Waals surface area contributed by atoms with Gasteiger partial charge in [-0.25, -0.2) is 4.98 Å². The number of thiophene rings is 1. The van der Waals surface area contributed by atoms with Gasteiger partial charge in [0.1, 0.15) is 5.76 Å². The Morgan fingerprint density at radius 2 is 2.28 bits per heavy atom. The van der Waals surface area contributed by atoms with E-state index in [4.69, 9.17) is 9.52 Å². The number of carboxylic acids is 1. The zero-order valence-electron chi connectivity index (χ0n) is 14.2. The number of carboxylic acid groups (broad SMARTS) is 1. The normalized spacial score (nSPS) is 17.6. The molecule has 1 amide bonds. The van der Waals surface area contributed by atoms with Crippen molar-refractivity contribution in [2.24, 2.45) is 0 Å². The topological polar surface area (TPSA) is 83.6 Å². The molecule has 1 atom stereocenters. The molecule has 1 saturated heterocycles. The number of nitrogens with zero attached hydrogens (tertiary/aromatic N) is 2. The Morgan fingerprint density at radius 1 is 1.44 bits per heavy atom. The van der Waals surface area contributed by atoms with E-state index in [2.05, 4.69) is 4.98 Å². The van der Waals surface area contributed by atoms with Gasteiger partial charge in [-0.1, -0.05) is 6.07 Å². The van der Waals surface area contributed by atoms with Crippen LogP contribution in [0.25, 0.3) is 10.8 Å². The van der Waals surface area contributed by atoms with Gasteiger partial charge in [0.2, 0.25) is 11.8 Å². The van der Waals surface area contributed by atoms with Gasteiger partial charge in [-0.05, 0) is 44.1 Å². The number of aliphatic carboxylic acids is 1. The number of amides is 1. The molecule has 0 spiro atoms. The molecular weight excluding hydrogens is 340 g/mol. The average molecular weight is 362 g/mol. The van der Waals surface area contributed by atoms with Crippen LogP contribution < -0.4 is 0 Å². The third-order valence-electron chi connectivity index (χ3n) is 4.58. The molecule has 2 aromatic heterocycles. The molecule has 3 rings (SSSR count). The van der Waals surface area contributed by atoms with Gasteiger partial charge >= 0.3 is 5.97 Å². The van der Waals surface area contributed by atoms with Crippen LogP contribution in [-0.2, 0) is 16.0 Å². The lowest BCUT2D eigenvalue weighted by Gasteiger charge is -2.35. The Kier molecular flexibility index (Phi) is 5.53. The van der Waals surface area contributed by atoms with Crippen LogP contribution >= 0.6 is 11.3 Å². The van der Waals surface area contributed by atoms with E-state index in [1.165, 1.54) is 0 Å². The van der Waals surface area contributed by atoms with Crippen LogP contribution in [0.15, 0.2) is 21.9 Å². The first-order valence-corrected chi connectivity index (χ1v) is 9.44. The Morgan fingerprint density at radius 3 is 3.00 bits per heavy atom. The Labute approximate surface area is 150 Å². The van der Waals surface area contributed by atoms with E-state index in [0.717, 1.165) is 24.1 Å². The number of oxazole rings is 1. The Bertz CT molecular complexity index is 738. The molecule has 1 aliphatic heterocycles. The molecular formula is C18H22N2O4S. The van der Waals surface area contributed by atoms with Crippen LogP contribution in [0.1, 0.15) is 43.6 Å². The van der Waals surface area contributed by atoms with Crippen molar-refractivity contribution in [3.63, 3.8) is 0 Å². The van der Waals surface area contributed by atoms with Crippen LogP contribution in [0, 0.1) is 6.92 Å². The first kappa shape index (κ1) is 17.7. The van der Waals surface area contributed by atoms with Gasteiger partial charge in [-0.15, -0.1) is 11.3 Å². The highest BCUT2D eigenvalue weighted by Gasteiger charge is 2.28. The minimum absolute atomic E-state index is 0.00391. The summed E-state index contributed by atoms with van der Waals surface area (Å²) in [6.07, 6.45) is 3.69. The fourth-order valence-electron chi connectivity index (χ4n) is 3.26. The van der Waals surface area contributed by atoms with E-state index < -0.39 is 5.97 Å². The maximum absolute atomic E-state index is 12.8. The molecule has 134 valence electrons. The summed E-state index contributed by atoms with van der Waals surface area (Å²) < 4.78 is 5.70. The van der Waals surface area contributed by atoms with E-state index in [0.29, 0.717) is 30.3 Å². The summed E-state index contributed by atoms with van der Waals surface area (Å²) in [5, 5.41) is 10.9. The monoisotopic (exact) mass is 362 g/mol. The van der Waals surface area contributed by atoms with Crippen molar-refractivity contribution in [2.75, 3.05) is 6.54 Å². The Balaban J connectivity index is 1.69. The van der Waals surface area contributed by atoms with Gasteiger partial charge in [0, 0.05) is 19.0 Å². The van der Waals surface area contributed by atoms with Crippen LogP contribution in [0.5, 0.6) is 0 Å². The standard InChI is InChI=1S/C18H22N2O4S/c1-12-14(19-18(24-12)15-6-4-10-25-15)11-16(21)20-9-3-2-5-13(20)7-8-17(22)23/h4,6,10,13H,2-3,5,7-9,11H2,1H3,(H,22,23). The van der Waals surface area contributed by atoms with Crippen molar-refractivity contribution in [1.82, 2.24) is 9.88 Å². The quantitative estimate of drug-likeness (QED) is 0.850. The van der Waals surface area contributed by atoms with E-state index in [9.17, 15) is 9.59 Å². The molecule has 1 aliphatic rings. The van der Waals surface area contributed by atoms with Crippen molar-refractivity contribution >= 4 is 23.2 Å². The lowest BCUT2D eigenvalue weighted by Crippen LogP contribution is -2.44. The number of aromatic nitrogens is 1. The average Bonchev–Trinajstić information content (AvgIpc) is 3.23. The molecule has 1 unspecified atom stereocenters. The second kappa shape index (κ2) is 7.82. The summed E-state index contributed by atoms with van der Waals surface area (Å²) in [7, 11) is 0. The lowest BCUT2D eigenvalue weighted by molar-refractivity contribution is -0.139. The molecule has 0 saturated carbocycles. The number of hydrogen-bond donors (Lipinski definition) is 1. The fourth-order valence-corrected chi connectivity index (χ4v) is 3.91. The van der Waals surface area contributed by atoms with Gasteiger partial charge in [-0.2, -0.15) is 0 Å². The molecule has 25 heavy (non-hydrogen) atoms. The second-order valence-electron chi connectivity index (χ2n) is 6.35. The maximum atomic E-state index is 12.8. The van der Waals surface area contributed by atoms with Crippen LogP contribution in [0.4, 0.5) is 0 Å². The number of hydrogen-bond acceptors (Lipinski definition) is 5. The van der Waals surface area contributed by atoms with Crippen molar-refractivity contribution in [1.29, 1.82) is 0 Å². The predicted octanol–water partition coefficient (Wildman–Crippen LogP) is 3.50. The number of likely N-dealkylation sites (tertiary alicyclic amines) is 1. The van der Waals surface area contributed by atoms with Crippen molar-refractivity contribution < 1.29 is 19.1 Å². The van der Waals surface area contributed by atoms with Crippen molar-refractivity contribution in [3.05, 3.63) is 29.0 Å². The molecule has 0 aliphatic carbocycles. The molecule has 0 radical (unpaired) electrons. The smallest absolute Gasteiger partial charge is 0.303 e. The van der Waals surface area contributed by atoms with E-state index in [1.807, 2.05) is 29.3 Å². The first-order valence-electron chi connectivity index (χ1n) is 8.56. The lowest BCUT2D eigenvalue weighted by atomic mass is 9.97. The van der Waals surface area contributed by atoms with Gasteiger partial charge in [0.15, 0.2) is 0 Å². The van der Waals surface area contributed by atoms with Gasteiger partial charge < -0.3 is 14.4 Å². The number of aryl methyl sites for hydroxylation is 1. The summed E-state index contributed by atoms with van der Waals surface area (Å²) in [4.78, 5) is 30.9. The van der Waals surface area contributed by atoms with Crippen LogP contribution in [-0.4, -0.2) is 39.5 Å². The van der Waals surface area contributed by atoms with Crippen LogP contribution in [0.3, 0.4) is 0 Å². The molecule has 6 nitrogen and oxygen atoms in total. The fraction of sp³-hybridized carbons (Fsp3) is 0.500. The summed E-state index contributed by atoms with van der Waals surface area (Å²) in [6, 6.07) is 3.89. The SMILES string of the molecule is Cc1oc(-c2cccs2)nc1CC(=O)N1CCCCC1CCC(=O)O. The molecule has 3 heterocycles. The van der Waals surface area contributed by atoms with Gasteiger partial charge in [0.05, 0.1) is 17.0 Å². The molecule has 1 N–H and O–H groups in total. The first-order chi connectivity index (χ1) is 12.0. The summed E-state index contributed by atoms with van der Waals surface area (Å²) in [5.41, 5.74) is 0.663. The second-order valence-corrected chi connectivity index (χ2v) is 7.29. The zero-order valence-corrected chi connectivity index (χ0v) is 15.1. The number of rotatable bonds is 6.